The summed E-state index contributed by atoms with van der Waals surface area (Å²) in [7, 11) is 1.83. The van der Waals surface area contributed by atoms with Crippen molar-refractivity contribution in [2.75, 3.05) is 32.7 Å². The molecule has 19 heavy (non-hydrogen) atoms. The quantitative estimate of drug-likeness (QED) is 0.806. The van der Waals surface area contributed by atoms with Crippen molar-refractivity contribution >= 4 is 11.9 Å². The highest BCUT2D eigenvalue weighted by molar-refractivity contribution is 5.92. The smallest absolute Gasteiger partial charge is 0.304 e. The molecule has 0 bridgehead atoms. The number of carbonyl (C=O) groups excluding carboxylic acids is 1. The average Bonchev–Trinajstić information content (AvgIpc) is 2.83. The normalized spacial score (nSPS) is 16.6. The fraction of sp³-hybridized carbons (Fsp3) is 0.583. The van der Waals surface area contributed by atoms with E-state index >= 15 is 0 Å². The van der Waals surface area contributed by atoms with E-state index in [-0.39, 0.29) is 12.3 Å². The molecule has 0 saturated carbocycles. The summed E-state index contributed by atoms with van der Waals surface area (Å²) < 4.78 is 1.75. The molecule has 7 nitrogen and oxygen atoms in total. The Labute approximate surface area is 111 Å². The fourth-order valence-corrected chi connectivity index (χ4v) is 2.11. The third-order valence-corrected chi connectivity index (χ3v) is 3.23. The molecule has 0 spiro atoms. The van der Waals surface area contributed by atoms with Crippen LogP contribution in [0.3, 0.4) is 0 Å². The summed E-state index contributed by atoms with van der Waals surface area (Å²) in [5, 5.41) is 8.63. The van der Waals surface area contributed by atoms with Gasteiger partial charge in [0.25, 0.3) is 5.91 Å². The predicted molar refractivity (Wildman–Crippen MR) is 67.8 cm³/mol. The Morgan fingerprint density at radius 2 is 2.00 bits per heavy atom. The molecule has 1 aromatic heterocycles. The molecule has 1 saturated heterocycles. The highest BCUT2D eigenvalue weighted by Crippen LogP contribution is 2.07. The molecule has 0 unspecified atom stereocenters. The second kappa shape index (κ2) is 5.83. The third-order valence-electron chi connectivity index (χ3n) is 3.23. The highest BCUT2D eigenvalue weighted by Gasteiger charge is 2.23. The molecule has 2 heterocycles. The summed E-state index contributed by atoms with van der Waals surface area (Å²) in [6, 6.07) is 0. The van der Waals surface area contributed by atoms with E-state index in [4.69, 9.17) is 5.11 Å². The van der Waals surface area contributed by atoms with E-state index in [1.165, 1.54) is 0 Å². The first-order valence-corrected chi connectivity index (χ1v) is 6.27. The van der Waals surface area contributed by atoms with Crippen molar-refractivity contribution in [1.29, 1.82) is 0 Å². The van der Waals surface area contributed by atoms with Gasteiger partial charge in [-0.3, -0.25) is 14.5 Å². The van der Waals surface area contributed by atoms with Gasteiger partial charge in [-0.1, -0.05) is 0 Å². The summed E-state index contributed by atoms with van der Waals surface area (Å²) >= 11 is 0. The van der Waals surface area contributed by atoms with Crippen LogP contribution in [0.2, 0.25) is 0 Å². The van der Waals surface area contributed by atoms with Gasteiger partial charge in [0.05, 0.1) is 12.7 Å². The molecule has 1 fully saturated rings. The first-order chi connectivity index (χ1) is 9.06. The van der Waals surface area contributed by atoms with Crippen molar-refractivity contribution in [2.45, 2.75) is 6.42 Å². The third kappa shape index (κ3) is 3.54. The summed E-state index contributed by atoms with van der Waals surface area (Å²) in [6.45, 7) is 3.21. The van der Waals surface area contributed by atoms with Gasteiger partial charge in [0, 0.05) is 46.0 Å². The molecule has 0 aromatic carbocycles. The lowest BCUT2D eigenvalue weighted by molar-refractivity contribution is -0.137. The van der Waals surface area contributed by atoms with Crippen molar-refractivity contribution in [2.24, 2.45) is 7.05 Å². The number of carboxylic acid groups (broad SMARTS) is 1. The summed E-state index contributed by atoms with van der Waals surface area (Å²) in [6.07, 6.45) is 3.46. The van der Waals surface area contributed by atoms with Crippen LogP contribution in [0.5, 0.6) is 0 Å². The lowest BCUT2D eigenvalue weighted by Crippen LogP contribution is -2.49. The maximum atomic E-state index is 12.1. The first kappa shape index (κ1) is 13.5. The Kier molecular flexibility index (Phi) is 4.16. The molecule has 7 heteroatoms. The van der Waals surface area contributed by atoms with Crippen molar-refractivity contribution in [3.63, 3.8) is 0 Å². The van der Waals surface area contributed by atoms with E-state index in [2.05, 4.69) is 9.88 Å². The first-order valence-electron chi connectivity index (χ1n) is 6.27. The van der Waals surface area contributed by atoms with Crippen molar-refractivity contribution in [3.8, 4) is 0 Å². The number of hydrogen-bond donors (Lipinski definition) is 1. The van der Waals surface area contributed by atoms with E-state index in [0.717, 1.165) is 0 Å². The maximum Gasteiger partial charge on any atom is 0.304 e. The molecule has 104 valence electrons. The molecule has 0 radical (unpaired) electrons. The summed E-state index contributed by atoms with van der Waals surface area (Å²) in [5.74, 6) is -0.842. The number of piperazine rings is 1. The number of aromatic nitrogens is 2. The largest absolute Gasteiger partial charge is 0.481 e. The Bertz CT molecular complexity index is 463. The van der Waals surface area contributed by atoms with Crippen LogP contribution in [0.1, 0.15) is 16.9 Å². The minimum Gasteiger partial charge on any atom is -0.481 e. The number of rotatable bonds is 4. The number of hydrogen-bond acceptors (Lipinski definition) is 4. The Hall–Kier alpha value is -1.89. The fourth-order valence-electron chi connectivity index (χ4n) is 2.11. The highest BCUT2D eigenvalue weighted by atomic mass is 16.4. The van der Waals surface area contributed by atoms with Gasteiger partial charge in [-0.15, -0.1) is 0 Å². The number of carbonyl (C=O) groups is 2. The topological polar surface area (TPSA) is 78.7 Å². The molecule has 2 rings (SSSR count). The zero-order valence-corrected chi connectivity index (χ0v) is 10.9. The van der Waals surface area contributed by atoms with Crippen molar-refractivity contribution < 1.29 is 14.7 Å². The van der Waals surface area contributed by atoms with Crippen LogP contribution in [0.25, 0.3) is 0 Å². The number of carboxylic acids is 1. The van der Waals surface area contributed by atoms with E-state index in [9.17, 15) is 9.59 Å². The van der Waals surface area contributed by atoms with Gasteiger partial charge in [0.2, 0.25) is 0 Å². The van der Waals surface area contributed by atoms with E-state index in [0.29, 0.717) is 38.4 Å². The average molecular weight is 266 g/mol. The molecular weight excluding hydrogens is 248 g/mol. The molecule has 1 aliphatic rings. The number of nitrogens with zero attached hydrogens (tertiary/aromatic N) is 4. The van der Waals surface area contributed by atoms with Crippen LogP contribution in [-0.4, -0.2) is 69.1 Å². The summed E-state index contributed by atoms with van der Waals surface area (Å²) in [5.41, 5.74) is 0.460. The van der Waals surface area contributed by atoms with Crippen LogP contribution in [0.15, 0.2) is 12.5 Å². The van der Waals surface area contributed by atoms with E-state index < -0.39 is 5.97 Å². The maximum absolute atomic E-state index is 12.1. The molecule has 1 amide bonds. The second-order valence-electron chi connectivity index (χ2n) is 4.70. The lowest BCUT2D eigenvalue weighted by atomic mass is 10.2. The zero-order valence-electron chi connectivity index (χ0n) is 10.9. The van der Waals surface area contributed by atoms with Crippen LogP contribution in [-0.2, 0) is 11.8 Å². The number of aliphatic carboxylic acids is 1. The molecule has 0 aliphatic carbocycles. The Balaban J connectivity index is 1.83. The van der Waals surface area contributed by atoms with Gasteiger partial charge in [-0.05, 0) is 0 Å². The van der Waals surface area contributed by atoms with Crippen molar-refractivity contribution in [3.05, 3.63) is 18.2 Å². The minimum atomic E-state index is -0.785. The molecule has 0 atom stereocenters. The monoisotopic (exact) mass is 266 g/mol. The van der Waals surface area contributed by atoms with Crippen molar-refractivity contribution in [1.82, 2.24) is 19.4 Å². The van der Waals surface area contributed by atoms with Crippen LogP contribution in [0.4, 0.5) is 0 Å². The van der Waals surface area contributed by atoms with E-state index in [1.807, 2.05) is 7.05 Å². The number of amides is 1. The standard InChI is InChI=1S/C12H18N4O3/c1-14-8-10(13-9-14)12(19)16-6-4-15(5-7-16)3-2-11(17)18/h8-9H,2-7H2,1H3,(H,17,18). The number of aryl methyl sites for hydroxylation is 1. The predicted octanol–water partition coefficient (Wildman–Crippen LogP) is -0.347. The van der Waals surface area contributed by atoms with Gasteiger partial charge >= 0.3 is 5.97 Å². The molecule has 1 N–H and O–H groups in total. The van der Waals surface area contributed by atoms with Gasteiger partial charge in [-0.25, -0.2) is 4.98 Å². The lowest BCUT2D eigenvalue weighted by Gasteiger charge is -2.34. The Morgan fingerprint density at radius 3 is 2.53 bits per heavy atom. The molecular formula is C12H18N4O3. The van der Waals surface area contributed by atoms with E-state index in [1.54, 1.807) is 22.0 Å². The van der Waals surface area contributed by atoms with Crippen LogP contribution >= 0.6 is 0 Å². The Morgan fingerprint density at radius 1 is 1.32 bits per heavy atom. The zero-order chi connectivity index (χ0) is 13.8. The van der Waals surface area contributed by atoms with Crippen LogP contribution in [0, 0.1) is 0 Å². The van der Waals surface area contributed by atoms with Gasteiger partial charge in [0.1, 0.15) is 5.69 Å². The number of imidazole rings is 1. The van der Waals surface area contributed by atoms with Crippen LogP contribution < -0.4 is 0 Å². The van der Waals surface area contributed by atoms with Gasteiger partial charge in [0.15, 0.2) is 0 Å². The second-order valence-corrected chi connectivity index (χ2v) is 4.70. The minimum absolute atomic E-state index is 0.0570. The molecule has 1 aromatic rings. The summed E-state index contributed by atoms with van der Waals surface area (Å²) in [4.78, 5) is 30.5. The molecule has 1 aliphatic heterocycles. The van der Waals surface area contributed by atoms with Gasteiger partial charge in [-0.2, -0.15) is 0 Å². The van der Waals surface area contributed by atoms with Gasteiger partial charge < -0.3 is 14.6 Å². The SMILES string of the molecule is Cn1cnc(C(=O)N2CCN(CCC(=O)O)CC2)c1.